The average molecular weight is 276 g/mol. The molecule has 0 atom stereocenters. The predicted octanol–water partition coefficient (Wildman–Crippen LogP) is 3.43. The molecular weight excluding hydrogens is 248 g/mol. The van der Waals surface area contributed by atoms with Crippen LogP contribution in [-0.4, -0.2) is 25.7 Å². The topological polar surface area (TPSA) is 38.5 Å². The molecule has 0 amide bonds. The Morgan fingerprint density at radius 2 is 1.95 bits per heavy atom. The van der Waals surface area contributed by atoms with E-state index in [9.17, 15) is 0 Å². The van der Waals surface area contributed by atoms with Gasteiger partial charge in [-0.1, -0.05) is 26.8 Å². The molecule has 1 heterocycles. The largest absolute Gasteiger partial charge is 0.493 e. The lowest BCUT2D eigenvalue weighted by molar-refractivity contribution is 0.243. The van der Waals surface area contributed by atoms with Gasteiger partial charge in [0.1, 0.15) is 5.75 Å². The zero-order chi connectivity index (χ0) is 14.6. The highest BCUT2D eigenvalue weighted by Gasteiger charge is 2.16. The third-order valence-corrected chi connectivity index (χ3v) is 3.84. The van der Waals surface area contributed by atoms with Crippen molar-refractivity contribution in [2.24, 2.45) is 11.1 Å². The van der Waals surface area contributed by atoms with E-state index in [0.717, 1.165) is 44.7 Å². The fourth-order valence-electron chi connectivity index (χ4n) is 2.40. The second-order valence-corrected chi connectivity index (χ2v) is 6.98. The first-order chi connectivity index (χ1) is 9.44. The number of hydrogen-bond donors (Lipinski definition) is 1. The Balaban J connectivity index is 1.91. The number of anilines is 1. The van der Waals surface area contributed by atoms with E-state index >= 15 is 0 Å². The van der Waals surface area contributed by atoms with Crippen LogP contribution in [0.3, 0.4) is 0 Å². The van der Waals surface area contributed by atoms with E-state index in [1.54, 1.807) is 0 Å². The van der Waals surface area contributed by atoms with Crippen LogP contribution >= 0.6 is 0 Å². The number of piperidine rings is 1. The highest BCUT2D eigenvalue weighted by molar-refractivity contribution is 5.51. The fraction of sp³-hybridized carbons (Fsp3) is 0.647. The molecule has 1 aliphatic rings. The maximum atomic E-state index is 5.96. The van der Waals surface area contributed by atoms with Crippen molar-refractivity contribution in [3.05, 3.63) is 24.3 Å². The summed E-state index contributed by atoms with van der Waals surface area (Å²) in [5, 5.41) is 0. The fourth-order valence-corrected chi connectivity index (χ4v) is 2.40. The van der Waals surface area contributed by atoms with Crippen molar-refractivity contribution in [2.75, 3.05) is 24.6 Å². The van der Waals surface area contributed by atoms with Gasteiger partial charge in [-0.25, -0.2) is 0 Å². The molecule has 2 rings (SSSR count). The maximum Gasteiger partial charge on any atom is 0.121 e. The smallest absolute Gasteiger partial charge is 0.121 e. The van der Waals surface area contributed by atoms with E-state index in [4.69, 9.17) is 10.5 Å². The quantitative estimate of drug-likeness (QED) is 0.915. The monoisotopic (exact) mass is 276 g/mol. The van der Waals surface area contributed by atoms with Crippen LogP contribution in [0.2, 0.25) is 0 Å². The van der Waals surface area contributed by atoms with E-state index in [1.165, 1.54) is 5.69 Å². The van der Waals surface area contributed by atoms with Gasteiger partial charge in [0.05, 0.1) is 6.61 Å². The summed E-state index contributed by atoms with van der Waals surface area (Å²) in [5.41, 5.74) is 7.53. The number of rotatable bonds is 4. The summed E-state index contributed by atoms with van der Waals surface area (Å²) in [6, 6.07) is 8.81. The molecule has 0 unspecified atom stereocenters. The molecule has 3 heteroatoms. The number of ether oxygens (including phenoxy) is 1. The van der Waals surface area contributed by atoms with Gasteiger partial charge in [-0.2, -0.15) is 0 Å². The second-order valence-electron chi connectivity index (χ2n) is 6.98. The van der Waals surface area contributed by atoms with Gasteiger partial charge in [0, 0.05) is 30.9 Å². The lowest BCUT2D eigenvalue weighted by atomic mass is 9.93. The number of benzene rings is 1. The summed E-state index contributed by atoms with van der Waals surface area (Å²) in [4.78, 5) is 2.40. The van der Waals surface area contributed by atoms with Crippen molar-refractivity contribution in [3.63, 3.8) is 0 Å². The number of hydrogen-bond acceptors (Lipinski definition) is 3. The summed E-state index contributed by atoms with van der Waals surface area (Å²) in [6.45, 7) is 9.59. The van der Waals surface area contributed by atoms with Gasteiger partial charge in [0.2, 0.25) is 0 Å². The molecule has 0 aromatic heterocycles. The molecule has 0 saturated carbocycles. The molecule has 0 spiro atoms. The van der Waals surface area contributed by atoms with E-state index in [2.05, 4.69) is 43.9 Å². The predicted molar refractivity (Wildman–Crippen MR) is 85.4 cm³/mol. The van der Waals surface area contributed by atoms with Crippen LogP contribution in [0.1, 0.15) is 40.0 Å². The summed E-state index contributed by atoms with van der Waals surface area (Å²) < 4.78 is 5.88. The Kier molecular flexibility index (Phi) is 4.92. The summed E-state index contributed by atoms with van der Waals surface area (Å²) >= 11 is 0. The normalized spacial score (nSPS) is 17.3. The van der Waals surface area contributed by atoms with Crippen molar-refractivity contribution in [1.29, 1.82) is 0 Å². The molecule has 112 valence electrons. The minimum Gasteiger partial charge on any atom is -0.493 e. The molecule has 1 saturated heterocycles. The molecule has 0 aliphatic carbocycles. The SMILES string of the molecule is CC(C)(C)CCOc1cccc(N2CCC(N)CC2)c1. The molecule has 1 aromatic rings. The van der Waals surface area contributed by atoms with Crippen molar-refractivity contribution < 1.29 is 4.74 Å². The van der Waals surface area contributed by atoms with Gasteiger partial charge in [-0.3, -0.25) is 0 Å². The standard InChI is InChI=1S/C17H28N2O/c1-17(2,3)9-12-20-16-6-4-5-15(13-16)19-10-7-14(18)8-11-19/h4-6,13-14H,7-12,18H2,1-3H3. The highest BCUT2D eigenvalue weighted by Crippen LogP contribution is 2.25. The maximum absolute atomic E-state index is 5.96. The Hall–Kier alpha value is -1.22. The van der Waals surface area contributed by atoms with Crippen LogP contribution in [0.5, 0.6) is 5.75 Å². The molecule has 3 nitrogen and oxygen atoms in total. The van der Waals surface area contributed by atoms with Crippen molar-refractivity contribution in [2.45, 2.75) is 46.1 Å². The highest BCUT2D eigenvalue weighted by atomic mass is 16.5. The first-order valence-electron chi connectivity index (χ1n) is 7.67. The van der Waals surface area contributed by atoms with Gasteiger partial charge in [-0.15, -0.1) is 0 Å². The first kappa shape index (κ1) is 15.2. The lowest BCUT2D eigenvalue weighted by Gasteiger charge is -2.32. The Bertz CT molecular complexity index is 417. The summed E-state index contributed by atoms with van der Waals surface area (Å²) in [6.07, 6.45) is 3.22. The summed E-state index contributed by atoms with van der Waals surface area (Å²) in [7, 11) is 0. The minimum absolute atomic E-state index is 0.320. The van der Waals surface area contributed by atoms with Gasteiger partial charge >= 0.3 is 0 Å². The minimum atomic E-state index is 0.320. The van der Waals surface area contributed by atoms with Gasteiger partial charge in [0.25, 0.3) is 0 Å². The van der Waals surface area contributed by atoms with Crippen LogP contribution < -0.4 is 15.4 Å². The van der Waals surface area contributed by atoms with Crippen molar-refractivity contribution in [1.82, 2.24) is 0 Å². The third-order valence-electron chi connectivity index (χ3n) is 3.84. The van der Waals surface area contributed by atoms with Gasteiger partial charge < -0.3 is 15.4 Å². The zero-order valence-corrected chi connectivity index (χ0v) is 13.1. The first-order valence-corrected chi connectivity index (χ1v) is 7.67. The summed E-state index contributed by atoms with van der Waals surface area (Å²) in [5.74, 6) is 0.974. The van der Waals surface area contributed by atoms with E-state index < -0.39 is 0 Å². The Labute approximate surface area is 123 Å². The Morgan fingerprint density at radius 1 is 1.25 bits per heavy atom. The van der Waals surface area contributed by atoms with E-state index in [1.807, 2.05) is 6.07 Å². The zero-order valence-electron chi connectivity index (χ0n) is 13.1. The molecule has 0 bridgehead atoms. The number of nitrogens with two attached hydrogens (primary N) is 1. The van der Waals surface area contributed by atoms with Crippen LogP contribution in [-0.2, 0) is 0 Å². The van der Waals surface area contributed by atoms with E-state index in [-0.39, 0.29) is 0 Å². The van der Waals surface area contributed by atoms with Crippen molar-refractivity contribution in [3.8, 4) is 5.75 Å². The third kappa shape index (κ3) is 4.71. The molecular formula is C17H28N2O. The second kappa shape index (κ2) is 6.49. The van der Waals surface area contributed by atoms with Gasteiger partial charge in [0.15, 0.2) is 0 Å². The van der Waals surface area contributed by atoms with E-state index in [0.29, 0.717) is 11.5 Å². The average Bonchev–Trinajstić information content (AvgIpc) is 2.38. The number of nitrogens with zero attached hydrogens (tertiary/aromatic N) is 1. The molecule has 20 heavy (non-hydrogen) atoms. The Morgan fingerprint density at radius 3 is 2.60 bits per heavy atom. The van der Waals surface area contributed by atoms with Crippen molar-refractivity contribution >= 4 is 5.69 Å². The molecule has 0 radical (unpaired) electrons. The van der Waals surface area contributed by atoms with Crippen LogP contribution in [0.15, 0.2) is 24.3 Å². The van der Waals surface area contributed by atoms with Crippen LogP contribution in [0.25, 0.3) is 0 Å². The molecule has 2 N–H and O–H groups in total. The molecule has 1 fully saturated rings. The lowest BCUT2D eigenvalue weighted by Crippen LogP contribution is -2.39. The molecule has 1 aliphatic heterocycles. The van der Waals surface area contributed by atoms with Crippen LogP contribution in [0, 0.1) is 5.41 Å². The van der Waals surface area contributed by atoms with Gasteiger partial charge in [-0.05, 0) is 36.8 Å². The van der Waals surface area contributed by atoms with Crippen LogP contribution in [0.4, 0.5) is 5.69 Å². The molecule has 1 aromatic carbocycles.